The maximum absolute atomic E-state index is 6.32. The minimum Gasteiger partial charge on any atom is -0.381 e. The van der Waals surface area contributed by atoms with Crippen molar-refractivity contribution >= 4 is 11.6 Å². The monoisotopic (exact) mass is 225 g/mol. The van der Waals surface area contributed by atoms with E-state index in [1.165, 1.54) is 5.56 Å². The Hall–Kier alpha value is -0.570. The first-order chi connectivity index (χ1) is 7.18. The molecule has 82 valence electrons. The molecule has 1 aliphatic rings. The van der Waals surface area contributed by atoms with Crippen LogP contribution in [0.2, 0.25) is 5.02 Å². The fourth-order valence-corrected chi connectivity index (χ4v) is 2.09. The highest BCUT2D eigenvalue weighted by atomic mass is 35.5. The zero-order chi connectivity index (χ0) is 10.7. The van der Waals surface area contributed by atoms with Crippen LogP contribution >= 0.6 is 11.6 Å². The van der Waals surface area contributed by atoms with Crippen molar-refractivity contribution < 1.29 is 4.74 Å². The van der Waals surface area contributed by atoms with Crippen LogP contribution in [-0.2, 0) is 11.2 Å². The molecule has 3 heteroatoms. The molecular formula is C12H16ClNO. The van der Waals surface area contributed by atoms with Gasteiger partial charge < -0.3 is 10.5 Å². The highest BCUT2D eigenvalue weighted by Crippen LogP contribution is 2.23. The van der Waals surface area contributed by atoms with Gasteiger partial charge in [-0.3, -0.25) is 0 Å². The van der Waals surface area contributed by atoms with Gasteiger partial charge in [-0.2, -0.15) is 0 Å². The number of ether oxygens (including phenoxy) is 1. The van der Waals surface area contributed by atoms with Gasteiger partial charge in [0.1, 0.15) is 0 Å². The van der Waals surface area contributed by atoms with Crippen molar-refractivity contribution in [2.24, 2.45) is 5.73 Å². The van der Waals surface area contributed by atoms with E-state index in [9.17, 15) is 0 Å². The Bertz CT molecular complexity index is 317. The van der Waals surface area contributed by atoms with Crippen LogP contribution in [0.15, 0.2) is 24.3 Å². The standard InChI is InChI=1S/C12H16ClNO/c13-11-3-1-10(2-4-11)9-12(14)5-7-15-8-6-12/h1-4H,5-9,14H2. The fraction of sp³-hybridized carbons (Fsp3) is 0.500. The molecule has 0 aromatic heterocycles. The van der Waals surface area contributed by atoms with Gasteiger partial charge >= 0.3 is 0 Å². The number of hydrogen-bond acceptors (Lipinski definition) is 2. The van der Waals surface area contributed by atoms with Gasteiger partial charge in [-0.25, -0.2) is 0 Å². The molecule has 0 aliphatic carbocycles. The third-order valence-electron chi connectivity index (χ3n) is 2.96. The molecule has 0 spiro atoms. The summed E-state index contributed by atoms with van der Waals surface area (Å²) in [6, 6.07) is 7.93. The first-order valence-electron chi connectivity index (χ1n) is 5.29. The number of halogens is 1. The highest BCUT2D eigenvalue weighted by Gasteiger charge is 2.27. The fourth-order valence-electron chi connectivity index (χ4n) is 1.96. The Morgan fingerprint density at radius 3 is 2.40 bits per heavy atom. The number of nitrogens with two attached hydrogens (primary N) is 1. The lowest BCUT2D eigenvalue weighted by Gasteiger charge is -2.33. The van der Waals surface area contributed by atoms with E-state index in [1.54, 1.807) is 0 Å². The van der Waals surface area contributed by atoms with Gasteiger partial charge in [0.25, 0.3) is 0 Å². The average molecular weight is 226 g/mol. The van der Waals surface area contributed by atoms with E-state index in [2.05, 4.69) is 0 Å². The Balaban J connectivity index is 2.03. The van der Waals surface area contributed by atoms with E-state index in [0.29, 0.717) is 0 Å². The molecular weight excluding hydrogens is 210 g/mol. The van der Waals surface area contributed by atoms with Crippen LogP contribution in [0.25, 0.3) is 0 Å². The predicted octanol–water partition coefficient (Wildman–Crippen LogP) is 2.39. The molecule has 0 bridgehead atoms. The van der Waals surface area contributed by atoms with E-state index in [4.69, 9.17) is 22.1 Å². The van der Waals surface area contributed by atoms with E-state index in [1.807, 2.05) is 24.3 Å². The first kappa shape index (κ1) is 10.9. The molecule has 0 amide bonds. The summed E-state index contributed by atoms with van der Waals surface area (Å²) >= 11 is 5.84. The number of rotatable bonds is 2. The minimum atomic E-state index is -0.0912. The zero-order valence-corrected chi connectivity index (χ0v) is 9.46. The topological polar surface area (TPSA) is 35.2 Å². The molecule has 0 saturated carbocycles. The summed E-state index contributed by atoms with van der Waals surface area (Å²) in [5.41, 5.74) is 7.48. The van der Waals surface area contributed by atoms with Gasteiger partial charge in [-0.05, 0) is 37.0 Å². The van der Waals surface area contributed by atoms with Crippen LogP contribution < -0.4 is 5.73 Å². The van der Waals surface area contributed by atoms with Gasteiger partial charge in [0.15, 0.2) is 0 Å². The summed E-state index contributed by atoms with van der Waals surface area (Å²) in [5.74, 6) is 0. The molecule has 15 heavy (non-hydrogen) atoms. The largest absolute Gasteiger partial charge is 0.381 e. The zero-order valence-electron chi connectivity index (χ0n) is 8.71. The Labute approximate surface area is 95.4 Å². The highest BCUT2D eigenvalue weighted by molar-refractivity contribution is 6.30. The quantitative estimate of drug-likeness (QED) is 0.839. The smallest absolute Gasteiger partial charge is 0.0483 e. The molecule has 2 N–H and O–H groups in total. The lowest BCUT2D eigenvalue weighted by molar-refractivity contribution is 0.0533. The molecule has 1 heterocycles. The Morgan fingerprint density at radius 1 is 1.20 bits per heavy atom. The maximum Gasteiger partial charge on any atom is 0.0483 e. The second kappa shape index (κ2) is 4.52. The summed E-state index contributed by atoms with van der Waals surface area (Å²) in [6.07, 6.45) is 2.79. The second-order valence-electron chi connectivity index (χ2n) is 4.28. The number of benzene rings is 1. The molecule has 1 aliphatic heterocycles. The lowest BCUT2D eigenvalue weighted by atomic mass is 9.85. The lowest BCUT2D eigenvalue weighted by Crippen LogP contribution is -2.46. The van der Waals surface area contributed by atoms with Gasteiger partial charge in [0.2, 0.25) is 0 Å². The van der Waals surface area contributed by atoms with Crippen molar-refractivity contribution in [2.45, 2.75) is 24.8 Å². The maximum atomic E-state index is 6.32. The van der Waals surface area contributed by atoms with E-state index < -0.39 is 0 Å². The van der Waals surface area contributed by atoms with Gasteiger partial charge in [-0.1, -0.05) is 23.7 Å². The molecule has 1 fully saturated rings. The van der Waals surface area contributed by atoms with Crippen LogP contribution in [0.3, 0.4) is 0 Å². The van der Waals surface area contributed by atoms with Crippen LogP contribution in [-0.4, -0.2) is 18.8 Å². The molecule has 2 nitrogen and oxygen atoms in total. The SMILES string of the molecule is NC1(Cc2ccc(Cl)cc2)CCOCC1. The van der Waals surface area contributed by atoms with Crippen molar-refractivity contribution in [3.8, 4) is 0 Å². The summed E-state index contributed by atoms with van der Waals surface area (Å²) in [5, 5.41) is 0.775. The van der Waals surface area contributed by atoms with Crippen LogP contribution in [0.4, 0.5) is 0 Å². The molecule has 0 atom stereocenters. The summed E-state index contributed by atoms with van der Waals surface area (Å²) in [6.45, 7) is 1.56. The Morgan fingerprint density at radius 2 is 1.80 bits per heavy atom. The summed E-state index contributed by atoms with van der Waals surface area (Å²) < 4.78 is 5.32. The van der Waals surface area contributed by atoms with Crippen LogP contribution in [0.1, 0.15) is 18.4 Å². The first-order valence-corrected chi connectivity index (χ1v) is 5.67. The van der Waals surface area contributed by atoms with Crippen molar-refractivity contribution in [1.82, 2.24) is 0 Å². The van der Waals surface area contributed by atoms with E-state index in [-0.39, 0.29) is 5.54 Å². The predicted molar refractivity (Wildman–Crippen MR) is 62.1 cm³/mol. The molecule has 1 aromatic carbocycles. The van der Waals surface area contributed by atoms with Crippen LogP contribution in [0.5, 0.6) is 0 Å². The second-order valence-corrected chi connectivity index (χ2v) is 4.71. The minimum absolute atomic E-state index is 0.0912. The summed E-state index contributed by atoms with van der Waals surface area (Å²) in [4.78, 5) is 0. The third kappa shape index (κ3) is 2.94. The molecule has 1 saturated heterocycles. The van der Waals surface area contributed by atoms with Crippen molar-refractivity contribution in [2.75, 3.05) is 13.2 Å². The molecule has 0 radical (unpaired) electrons. The molecule has 1 aromatic rings. The number of hydrogen-bond donors (Lipinski definition) is 1. The van der Waals surface area contributed by atoms with Gasteiger partial charge in [0.05, 0.1) is 0 Å². The molecule has 0 unspecified atom stereocenters. The van der Waals surface area contributed by atoms with E-state index >= 15 is 0 Å². The van der Waals surface area contributed by atoms with Gasteiger partial charge in [-0.15, -0.1) is 0 Å². The Kier molecular flexibility index (Phi) is 3.29. The average Bonchev–Trinajstić information content (AvgIpc) is 2.22. The molecule has 2 rings (SSSR count). The van der Waals surface area contributed by atoms with Crippen LogP contribution in [0, 0.1) is 0 Å². The normalized spacial score (nSPS) is 20.1. The third-order valence-corrected chi connectivity index (χ3v) is 3.21. The van der Waals surface area contributed by atoms with Crippen molar-refractivity contribution in [3.63, 3.8) is 0 Å². The van der Waals surface area contributed by atoms with Gasteiger partial charge in [0, 0.05) is 23.8 Å². The van der Waals surface area contributed by atoms with Crippen molar-refractivity contribution in [1.29, 1.82) is 0 Å². The van der Waals surface area contributed by atoms with Crippen molar-refractivity contribution in [3.05, 3.63) is 34.9 Å². The summed E-state index contributed by atoms with van der Waals surface area (Å²) in [7, 11) is 0. The van der Waals surface area contributed by atoms with E-state index in [0.717, 1.165) is 37.5 Å².